The SMILES string of the molecule is Cc1nc2cccc(SCc3ccc(CN4CCCCCC4)cn3)c2c(=O)n1C1CCC(=O)NC1=O. The van der Waals surface area contributed by atoms with E-state index >= 15 is 0 Å². The van der Waals surface area contributed by atoms with Crippen molar-refractivity contribution in [2.24, 2.45) is 0 Å². The number of fused-ring (bicyclic) bond motifs is 1. The van der Waals surface area contributed by atoms with E-state index in [0.717, 1.165) is 30.2 Å². The zero-order valence-corrected chi connectivity index (χ0v) is 21.4. The van der Waals surface area contributed by atoms with Crippen molar-refractivity contribution in [3.05, 3.63) is 64.0 Å². The Labute approximate surface area is 214 Å². The van der Waals surface area contributed by atoms with Crippen molar-refractivity contribution >= 4 is 34.5 Å². The van der Waals surface area contributed by atoms with E-state index in [2.05, 4.69) is 32.3 Å². The number of thioether (sulfide) groups is 1. The van der Waals surface area contributed by atoms with Crippen molar-refractivity contribution in [1.82, 2.24) is 24.8 Å². The first kappa shape index (κ1) is 24.6. The van der Waals surface area contributed by atoms with Crippen LogP contribution in [0.15, 0.2) is 46.2 Å². The quantitative estimate of drug-likeness (QED) is 0.403. The Balaban J connectivity index is 1.34. The number of imide groups is 1. The number of nitrogens with one attached hydrogen (secondary N) is 1. The summed E-state index contributed by atoms with van der Waals surface area (Å²) in [5.74, 6) is 0.323. The molecule has 9 heteroatoms. The largest absolute Gasteiger partial charge is 0.299 e. The number of piperidine rings is 1. The van der Waals surface area contributed by atoms with Crippen molar-refractivity contribution < 1.29 is 9.59 Å². The van der Waals surface area contributed by atoms with Gasteiger partial charge >= 0.3 is 0 Å². The van der Waals surface area contributed by atoms with Gasteiger partial charge in [-0.15, -0.1) is 11.8 Å². The van der Waals surface area contributed by atoms with Crippen molar-refractivity contribution in [2.45, 2.75) is 68.7 Å². The Kier molecular flexibility index (Phi) is 7.48. The predicted molar refractivity (Wildman–Crippen MR) is 140 cm³/mol. The summed E-state index contributed by atoms with van der Waals surface area (Å²) in [6, 6.07) is 9.10. The minimum atomic E-state index is -0.733. The molecule has 2 saturated heterocycles. The van der Waals surface area contributed by atoms with E-state index in [1.165, 1.54) is 35.8 Å². The zero-order valence-electron chi connectivity index (χ0n) is 20.5. The van der Waals surface area contributed by atoms with Crippen LogP contribution in [0.25, 0.3) is 10.9 Å². The Hall–Kier alpha value is -3.04. The summed E-state index contributed by atoms with van der Waals surface area (Å²) in [6.45, 7) is 4.97. The van der Waals surface area contributed by atoms with Gasteiger partial charge in [0, 0.05) is 29.8 Å². The van der Waals surface area contributed by atoms with Gasteiger partial charge in [-0.25, -0.2) is 4.98 Å². The van der Waals surface area contributed by atoms with Gasteiger partial charge in [-0.3, -0.25) is 34.2 Å². The van der Waals surface area contributed by atoms with Gasteiger partial charge in [0.1, 0.15) is 11.9 Å². The summed E-state index contributed by atoms with van der Waals surface area (Å²) >= 11 is 1.54. The molecule has 36 heavy (non-hydrogen) atoms. The Bertz CT molecular complexity index is 1330. The third-order valence-corrected chi connectivity index (χ3v) is 8.05. The number of nitrogens with zero attached hydrogens (tertiary/aromatic N) is 4. The number of benzene rings is 1. The lowest BCUT2D eigenvalue weighted by molar-refractivity contribution is -0.135. The molecular formula is C27H31N5O3S. The summed E-state index contributed by atoms with van der Waals surface area (Å²) in [5.41, 5.74) is 2.52. The molecule has 4 heterocycles. The standard InChI is InChI=1S/C27H31N5O3S/c1-18-29-21-7-6-8-23(25(21)27(35)32(18)22-11-12-24(33)30-26(22)34)36-17-20-10-9-19(15-28-20)16-31-13-4-2-3-5-14-31/h6-10,15,22H,2-5,11-14,16-17H2,1H3,(H,30,33,34). The van der Waals surface area contributed by atoms with Crippen LogP contribution < -0.4 is 10.9 Å². The summed E-state index contributed by atoms with van der Waals surface area (Å²) in [7, 11) is 0. The number of hydrogen-bond donors (Lipinski definition) is 1. The molecule has 1 aromatic carbocycles. The number of rotatable bonds is 6. The van der Waals surface area contributed by atoms with E-state index in [-0.39, 0.29) is 17.9 Å². The lowest BCUT2D eigenvalue weighted by atomic mass is 10.1. The third-order valence-electron chi connectivity index (χ3n) is 6.96. The van der Waals surface area contributed by atoms with E-state index in [0.29, 0.717) is 28.9 Å². The second-order valence-corrected chi connectivity index (χ2v) is 10.6. The van der Waals surface area contributed by atoms with Crippen LogP contribution >= 0.6 is 11.8 Å². The van der Waals surface area contributed by atoms with Gasteiger partial charge in [0.05, 0.1) is 16.6 Å². The van der Waals surface area contributed by atoms with Crippen LogP contribution in [0.1, 0.15) is 61.6 Å². The highest BCUT2D eigenvalue weighted by atomic mass is 32.2. The Morgan fingerprint density at radius 1 is 1.06 bits per heavy atom. The molecule has 2 aliphatic heterocycles. The molecule has 2 aromatic heterocycles. The molecule has 3 aromatic rings. The fourth-order valence-electron chi connectivity index (χ4n) is 5.08. The molecule has 1 atom stereocenters. The molecule has 2 fully saturated rings. The molecular weight excluding hydrogens is 474 g/mol. The molecule has 0 spiro atoms. The van der Waals surface area contributed by atoms with E-state index in [9.17, 15) is 14.4 Å². The van der Waals surface area contributed by atoms with Gasteiger partial charge in [0.2, 0.25) is 11.8 Å². The summed E-state index contributed by atoms with van der Waals surface area (Å²) in [6.07, 6.45) is 7.65. The molecule has 0 radical (unpaired) electrons. The van der Waals surface area contributed by atoms with Gasteiger partial charge < -0.3 is 0 Å². The normalized spacial score (nSPS) is 19.3. The monoisotopic (exact) mass is 505 g/mol. The van der Waals surface area contributed by atoms with E-state index in [1.54, 1.807) is 18.7 Å². The van der Waals surface area contributed by atoms with Gasteiger partial charge in [-0.05, 0) is 63.0 Å². The number of aromatic nitrogens is 3. The van der Waals surface area contributed by atoms with Gasteiger partial charge in [-0.1, -0.05) is 25.0 Å². The summed E-state index contributed by atoms with van der Waals surface area (Å²) in [5, 5.41) is 2.84. The van der Waals surface area contributed by atoms with Crippen LogP contribution in [0, 0.1) is 6.92 Å². The number of hydrogen-bond acceptors (Lipinski definition) is 7. The van der Waals surface area contributed by atoms with Gasteiger partial charge in [0.15, 0.2) is 0 Å². The van der Waals surface area contributed by atoms with E-state index in [1.807, 2.05) is 24.4 Å². The van der Waals surface area contributed by atoms with Crippen molar-refractivity contribution in [3.8, 4) is 0 Å². The summed E-state index contributed by atoms with van der Waals surface area (Å²) in [4.78, 5) is 50.3. The number of aryl methyl sites for hydroxylation is 1. The van der Waals surface area contributed by atoms with Crippen LogP contribution in [0.5, 0.6) is 0 Å². The lowest BCUT2D eigenvalue weighted by Crippen LogP contribution is -2.45. The van der Waals surface area contributed by atoms with Crippen LogP contribution in [-0.2, 0) is 21.9 Å². The van der Waals surface area contributed by atoms with Crippen LogP contribution in [0.3, 0.4) is 0 Å². The molecule has 0 saturated carbocycles. The third kappa shape index (κ3) is 5.37. The Morgan fingerprint density at radius 2 is 1.86 bits per heavy atom. The van der Waals surface area contributed by atoms with Gasteiger partial charge in [-0.2, -0.15) is 0 Å². The maximum Gasteiger partial charge on any atom is 0.263 e. The second-order valence-electron chi connectivity index (χ2n) is 9.59. The number of likely N-dealkylation sites (tertiary alicyclic amines) is 1. The number of carbonyl (C=O) groups is 2. The molecule has 1 N–H and O–H groups in total. The smallest absolute Gasteiger partial charge is 0.263 e. The maximum absolute atomic E-state index is 13.6. The molecule has 2 amide bonds. The minimum absolute atomic E-state index is 0.205. The minimum Gasteiger partial charge on any atom is -0.299 e. The highest BCUT2D eigenvalue weighted by Gasteiger charge is 2.30. The zero-order chi connectivity index (χ0) is 25.1. The highest BCUT2D eigenvalue weighted by molar-refractivity contribution is 7.98. The van der Waals surface area contributed by atoms with Crippen LogP contribution in [-0.4, -0.2) is 44.3 Å². The first-order chi connectivity index (χ1) is 17.5. The van der Waals surface area contributed by atoms with E-state index in [4.69, 9.17) is 0 Å². The number of pyridine rings is 1. The molecule has 8 nitrogen and oxygen atoms in total. The molecule has 1 unspecified atom stereocenters. The average molecular weight is 506 g/mol. The predicted octanol–water partition coefficient (Wildman–Crippen LogP) is 3.75. The Morgan fingerprint density at radius 3 is 2.58 bits per heavy atom. The topological polar surface area (TPSA) is 97.2 Å². The van der Waals surface area contributed by atoms with Gasteiger partial charge in [0.25, 0.3) is 5.56 Å². The fourth-order valence-corrected chi connectivity index (χ4v) is 6.06. The van der Waals surface area contributed by atoms with Crippen molar-refractivity contribution in [3.63, 3.8) is 0 Å². The van der Waals surface area contributed by atoms with E-state index < -0.39 is 11.9 Å². The van der Waals surface area contributed by atoms with Crippen LogP contribution in [0.4, 0.5) is 0 Å². The first-order valence-electron chi connectivity index (χ1n) is 12.6. The molecule has 0 bridgehead atoms. The first-order valence-corrected chi connectivity index (χ1v) is 13.6. The molecule has 188 valence electrons. The van der Waals surface area contributed by atoms with Crippen molar-refractivity contribution in [1.29, 1.82) is 0 Å². The summed E-state index contributed by atoms with van der Waals surface area (Å²) < 4.78 is 1.43. The molecule has 0 aliphatic carbocycles. The highest BCUT2D eigenvalue weighted by Crippen LogP contribution is 2.29. The molecule has 5 rings (SSSR count). The van der Waals surface area contributed by atoms with Crippen LogP contribution in [0.2, 0.25) is 0 Å². The number of carbonyl (C=O) groups excluding carboxylic acids is 2. The average Bonchev–Trinajstić information content (AvgIpc) is 3.13. The lowest BCUT2D eigenvalue weighted by Gasteiger charge is -2.24. The van der Waals surface area contributed by atoms with Crippen molar-refractivity contribution in [2.75, 3.05) is 13.1 Å². The second kappa shape index (κ2) is 10.9. The maximum atomic E-state index is 13.6. The fraction of sp³-hybridized carbons (Fsp3) is 0.444. The molecule has 2 aliphatic rings. The number of amides is 2.